The van der Waals surface area contributed by atoms with Gasteiger partial charge in [0.15, 0.2) is 0 Å². The minimum atomic E-state index is -0.104. The molecule has 2 aromatic carbocycles. The third kappa shape index (κ3) is 4.02. The number of rotatable bonds is 6. The summed E-state index contributed by atoms with van der Waals surface area (Å²) in [5.74, 6) is -0.104. The molecule has 1 N–H and O–H groups in total. The van der Waals surface area contributed by atoms with Gasteiger partial charge in [-0.15, -0.1) is 0 Å². The molecule has 0 heterocycles. The van der Waals surface area contributed by atoms with Crippen molar-refractivity contribution in [3.8, 4) is 0 Å². The topological polar surface area (TPSA) is 46.2 Å². The number of aldehydes is 1. The van der Waals surface area contributed by atoms with Crippen LogP contribution in [-0.2, 0) is 11.2 Å². The molecular formula is C18H19NO2. The van der Waals surface area contributed by atoms with Crippen LogP contribution in [-0.4, -0.2) is 12.2 Å². The van der Waals surface area contributed by atoms with Gasteiger partial charge in [0.25, 0.3) is 5.91 Å². The van der Waals surface area contributed by atoms with Gasteiger partial charge in [0, 0.05) is 12.0 Å². The molecule has 0 saturated heterocycles. The van der Waals surface area contributed by atoms with E-state index in [-0.39, 0.29) is 11.9 Å². The Morgan fingerprint density at radius 2 is 1.76 bits per heavy atom. The molecule has 108 valence electrons. The molecule has 0 saturated carbocycles. The first kappa shape index (κ1) is 15.0. The molecule has 1 unspecified atom stereocenters. The Morgan fingerprint density at radius 1 is 1.10 bits per heavy atom. The van der Waals surface area contributed by atoms with Gasteiger partial charge in [-0.05, 0) is 30.5 Å². The Hall–Kier alpha value is -2.42. The maximum atomic E-state index is 12.4. The molecule has 2 rings (SSSR count). The summed E-state index contributed by atoms with van der Waals surface area (Å²) in [6.45, 7) is 1.96. The van der Waals surface area contributed by atoms with Crippen molar-refractivity contribution >= 4 is 12.2 Å². The number of aryl methyl sites for hydroxylation is 1. The van der Waals surface area contributed by atoms with Gasteiger partial charge in [0.1, 0.15) is 6.29 Å². The van der Waals surface area contributed by atoms with Crippen LogP contribution >= 0.6 is 0 Å². The standard InChI is InChI=1S/C18H19NO2/c1-14(15-8-3-2-4-9-15)19-18(21)17-12-6-5-10-16(17)11-7-13-20/h2-6,8-10,12-14H,7,11H2,1H3,(H,19,21). The minimum Gasteiger partial charge on any atom is -0.346 e. The van der Waals surface area contributed by atoms with Gasteiger partial charge in [-0.25, -0.2) is 0 Å². The van der Waals surface area contributed by atoms with Crippen LogP contribution in [0.4, 0.5) is 0 Å². The first-order valence-corrected chi connectivity index (χ1v) is 7.09. The molecule has 0 bridgehead atoms. The first-order chi connectivity index (χ1) is 10.2. The van der Waals surface area contributed by atoms with E-state index in [0.717, 1.165) is 17.4 Å². The molecule has 0 fully saturated rings. The number of hydrogen-bond donors (Lipinski definition) is 1. The molecule has 0 spiro atoms. The van der Waals surface area contributed by atoms with Gasteiger partial charge in [-0.1, -0.05) is 48.5 Å². The minimum absolute atomic E-state index is 0.0576. The predicted octanol–water partition coefficient (Wildman–Crippen LogP) is 3.31. The van der Waals surface area contributed by atoms with E-state index in [1.807, 2.05) is 55.5 Å². The summed E-state index contributed by atoms with van der Waals surface area (Å²) >= 11 is 0. The molecule has 0 aliphatic heterocycles. The van der Waals surface area contributed by atoms with E-state index >= 15 is 0 Å². The second-order valence-electron chi connectivity index (χ2n) is 4.97. The fraction of sp³-hybridized carbons (Fsp3) is 0.222. The van der Waals surface area contributed by atoms with E-state index in [4.69, 9.17) is 0 Å². The van der Waals surface area contributed by atoms with Gasteiger partial charge < -0.3 is 10.1 Å². The molecule has 2 aromatic rings. The normalized spacial score (nSPS) is 11.7. The molecule has 3 nitrogen and oxygen atoms in total. The number of carbonyl (C=O) groups excluding carboxylic acids is 2. The molecule has 3 heteroatoms. The van der Waals surface area contributed by atoms with Gasteiger partial charge in [-0.2, -0.15) is 0 Å². The number of hydrogen-bond acceptors (Lipinski definition) is 2. The molecule has 21 heavy (non-hydrogen) atoms. The van der Waals surface area contributed by atoms with Crippen molar-refractivity contribution in [2.75, 3.05) is 0 Å². The van der Waals surface area contributed by atoms with Crippen molar-refractivity contribution < 1.29 is 9.59 Å². The highest BCUT2D eigenvalue weighted by atomic mass is 16.1. The molecule has 0 aliphatic rings. The average molecular weight is 281 g/mol. The van der Waals surface area contributed by atoms with Crippen LogP contribution in [0.15, 0.2) is 54.6 Å². The maximum Gasteiger partial charge on any atom is 0.252 e. The lowest BCUT2D eigenvalue weighted by atomic mass is 10.0. The van der Waals surface area contributed by atoms with Crippen LogP contribution < -0.4 is 5.32 Å². The molecule has 0 aliphatic carbocycles. The summed E-state index contributed by atoms with van der Waals surface area (Å²) in [5, 5.41) is 3.00. The molecule has 0 aromatic heterocycles. The van der Waals surface area contributed by atoms with Crippen LogP contribution in [0.3, 0.4) is 0 Å². The summed E-state index contributed by atoms with van der Waals surface area (Å²) in [4.78, 5) is 22.9. The second-order valence-corrected chi connectivity index (χ2v) is 4.97. The number of amides is 1. The Morgan fingerprint density at radius 3 is 2.48 bits per heavy atom. The molecular weight excluding hydrogens is 262 g/mol. The summed E-state index contributed by atoms with van der Waals surface area (Å²) < 4.78 is 0. The lowest BCUT2D eigenvalue weighted by molar-refractivity contribution is -0.107. The van der Waals surface area contributed by atoms with Crippen LogP contribution in [0.2, 0.25) is 0 Å². The monoisotopic (exact) mass is 281 g/mol. The smallest absolute Gasteiger partial charge is 0.252 e. The summed E-state index contributed by atoms with van der Waals surface area (Å²) in [5.41, 5.74) is 2.61. The van der Waals surface area contributed by atoms with Gasteiger partial charge in [0.2, 0.25) is 0 Å². The molecule has 0 radical (unpaired) electrons. The zero-order valence-corrected chi connectivity index (χ0v) is 12.1. The lowest BCUT2D eigenvalue weighted by Gasteiger charge is -2.16. The van der Waals surface area contributed by atoms with E-state index in [1.165, 1.54) is 0 Å². The van der Waals surface area contributed by atoms with Crippen LogP contribution in [0, 0.1) is 0 Å². The number of nitrogens with one attached hydrogen (secondary N) is 1. The van der Waals surface area contributed by atoms with Crippen molar-refractivity contribution in [2.24, 2.45) is 0 Å². The highest BCUT2D eigenvalue weighted by molar-refractivity contribution is 5.96. The van der Waals surface area contributed by atoms with Crippen LogP contribution in [0.1, 0.15) is 40.9 Å². The van der Waals surface area contributed by atoms with Crippen molar-refractivity contribution in [2.45, 2.75) is 25.8 Å². The summed E-state index contributed by atoms with van der Waals surface area (Å²) in [6.07, 6.45) is 1.90. The van der Waals surface area contributed by atoms with Crippen molar-refractivity contribution in [3.05, 3.63) is 71.3 Å². The quantitative estimate of drug-likeness (QED) is 0.826. The predicted molar refractivity (Wildman–Crippen MR) is 83.2 cm³/mol. The van der Waals surface area contributed by atoms with Crippen LogP contribution in [0.5, 0.6) is 0 Å². The Bertz CT molecular complexity index is 608. The SMILES string of the molecule is CC(NC(=O)c1ccccc1CCC=O)c1ccccc1. The Kier molecular flexibility index (Phi) is 5.27. The van der Waals surface area contributed by atoms with E-state index < -0.39 is 0 Å². The number of carbonyl (C=O) groups is 2. The Balaban J connectivity index is 2.11. The largest absolute Gasteiger partial charge is 0.346 e. The van der Waals surface area contributed by atoms with Crippen LogP contribution in [0.25, 0.3) is 0 Å². The second kappa shape index (κ2) is 7.39. The van der Waals surface area contributed by atoms with Crippen molar-refractivity contribution in [1.29, 1.82) is 0 Å². The first-order valence-electron chi connectivity index (χ1n) is 7.09. The highest BCUT2D eigenvalue weighted by Gasteiger charge is 2.14. The van der Waals surface area contributed by atoms with Crippen molar-refractivity contribution in [1.82, 2.24) is 5.32 Å². The number of benzene rings is 2. The average Bonchev–Trinajstić information content (AvgIpc) is 2.54. The van der Waals surface area contributed by atoms with Gasteiger partial charge >= 0.3 is 0 Å². The zero-order chi connectivity index (χ0) is 15.1. The third-order valence-corrected chi connectivity index (χ3v) is 3.44. The van der Waals surface area contributed by atoms with Gasteiger partial charge in [-0.3, -0.25) is 4.79 Å². The lowest BCUT2D eigenvalue weighted by Crippen LogP contribution is -2.27. The zero-order valence-electron chi connectivity index (χ0n) is 12.1. The van der Waals surface area contributed by atoms with Crippen molar-refractivity contribution in [3.63, 3.8) is 0 Å². The third-order valence-electron chi connectivity index (χ3n) is 3.44. The van der Waals surface area contributed by atoms with E-state index in [9.17, 15) is 9.59 Å². The maximum absolute atomic E-state index is 12.4. The van der Waals surface area contributed by atoms with E-state index in [2.05, 4.69) is 5.32 Å². The fourth-order valence-electron chi connectivity index (χ4n) is 2.27. The Labute approximate surface area is 125 Å². The van der Waals surface area contributed by atoms with E-state index in [1.54, 1.807) is 6.07 Å². The highest BCUT2D eigenvalue weighted by Crippen LogP contribution is 2.15. The summed E-state index contributed by atoms with van der Waals surface area (Å²) in [7, 11) is 0. The van der Waals surface area contributed by atoms with Gasteiger partial charge in [0.05, 0.1) is 6.04 Å². The fourth-order valence-corrected chi connectivity index (χ4v) is 2.27. The molecule has 1 amide bonds. The molecule has 1 atom stereocenters. The van der Waals surface area contributed by atoms with E-state index in [0.29, 0.717) is 18.4 Å². The summed E-state index contributed by atoms with van der Waals surface area (Å²) in [6, 6.07) is 17.2.